The number of nitrogens with zero attached hydrogens (tertiary/aromatic N) is 4. The lowest BCUT2D eigenvalue weighted by atomic mass is 9.70. The predicted octanol–water partition coefficient (Wildman–Crippen LogP) is 3.43. The van der Waals surface area contributed by atoms with Crippen molar-refractivity contribution >= 4 is 17.7 Å². The average molecular weight is 403 g/mol. The van der Waals surface area contributed by atoms with Crippen molar-refractivity contribution in [3.63, 3.8) is 0 Å². The number of rotatable bonds is 7. The summed E-state index contributed by atoms with van der Waals surface area (Å²) in [5.74, 6) is 2.62. The molecule has 0 N–H and O–H groups in total. The largest absolute Gasteiger partial charge is 0.341 e. The number of aryl methyl sites for hydroxylation is 1. The molecule has 28 heavy (non-hydrogen) atoms. The Hall–Kier alpha value is -1.27. The van der Waals surface area contributed by atoms with Crippen LogP contribution >= 0.6 is 11.8 Å². The van der Waals surface area contributed by atoms with E-state index in [-0.39, 0.29) is 5.41 Å². The highest BCUT2D eigenvalue weighted by atomic mass is 32.2. The zero-order valence-corrected chi connectivity index (χ0v) is 18.2. The number of amides is 1. The third kappa shape index (κ3) is 3.90. The van der Waals surface area contributed by atoms with Crippen molar-refractivity contribution in [1.29, 1.82) is 0 Å². The van der Waals surface area contributed by atoms with Gasteiger partial charge >= 0.3 is 0 Å². The molecule has 0 unspecified atom stereocenters. The molecule has 2 bridgehead atoms. The predicted molar refractivity (Wildman–Crippen MR) is 115 cm³/mol. The Bertz CT molecular complexity index is 693. The van der Waals surface area contributed by atoms with Crippen LogP contribution in [-0.2, 0) is 11.3 Å². The summed E-state index contributed by atoms with van der Waals surface area (Å²) in [5, 5.41) is 4.33. The first kappa shape index (κ1) is 20.0. The molecule has 3 aliphatic heterocycles. The van der Waals surface area contributed by atoms with Gasteiger partial charge in [0.15, 0.2) is 0 Å². The molecule has 1 aromatic rings. The van der Waals surface area contributed by atoms with Crippen molar-refractivity contribution in [2.75, 3.05) is 31.1 Å². The average Bonchev–Trinajstić information content (AvgIpc) is 3.43. The van der Waals surface area contributed by atoms with Gasteiger partial charge in [-0.1, -0.05) is 11.6 Å². The Morgan fingerprint density at radius 3 is 2.79 bits per heavy atom. The smallest absolute Gasteiger partial charge is 0.230 e. The van der Waals surface area contributed by atoms with Crippen LogP contribution in [0.5, 0.6) is 0 Å². The molecule has 4 heterocycles. The van der Waals surface area contributed by atoms with Crippen molar-refractivity contribution in [1.82, 2.24) is 19.6 Å². The van der Waals surface area contributed by atoms with E-state index in [1.807, 2.05) is 34.9 Å². The molecule has 3 fully saturated rings. The van der Waals surface area contributed by atoms with Crippen LogP contribution in [0.4, 0.5) is 0 Å². The maximum Gasteiger partial charge on any atom is 0.230 e. The normalized spacial score (nSPS) is 30.0. The molecule has 0 radical (unpaired) electrons. The van der Waals surface area contributed by atoms with E-state index in [1.165, 1.54) is 18.4 Å². The first-order valence-electron chi connectivity index (χ1n) is 10.8. The summed E-state index contributed by atoms with van der Waals surface area (Å²) in [6.07, 6.45) is 11.7. The number of hydrogen-bond donors (Lipinski definition) is 0. The molecule has 0 aliphatic carbocycles. The van der Waals surface area contributed by atoms with Gasteiger partial charge in [-0.3, -0.25) is 14.4 Å². The zero-order chi connectivity index (χ0) is 19.6. The number of carbonyl (C=O) groups is 1. The lowest BCUT2D eigenvalue weighted by molar-refractivity contribution is -0.143. The second-order valence-electron chi connectivity index (χ2n) is 8.86. The molecule has 3 atom stereocenters. The molecule has 0 spiro atoms. The number of carbonyl (C=O) groups excluding carboxylic acids is 1. The second kappa shape index (κ2) is 8.62. The van der Waals surface area contributed by atoms with Gasteiger partial charge in [0.2, 0.25) is 5.91 Å². The molecule has 3 saturated heterocycles. The van der Waals surface area contributed by atoms with E-state index in [0.717, 1.165) is 56.9 Å². The van der Waals surface area contributed by atoms with E-state index in [9.17, 15) is 4.79 Å². The van der Waals surface area contributed by atoms with Crippen LogP contribution in [0, 0.1) is 5.41 Å². The number of fused-ring (bicyclic) bond motifs is 2. The molecule has 4 rings (SSSR count). The van der Waals surface area contributed by atoms with Crippen molar-refractivity contribution < 1.29 is 4.79 Å². The zero-order valence-electron chi connectivity index (χ0n) is 17.3. The van der Waals surface area contributed by atoms with E-state index < -0.39 is 0 Å². The molecule has 1 amide bonds. The fraction of sp³-hybridized carbons (Fsp3) is 0.727. The fourth-order valence-corrected chi connectivity index (χ4v) is 6.40. The van der Waals surface area contributed by atoms with Gasteiger partial charge in [0.1, 0.15) is 0 Å². The van der Waals surface area contributed by atoms with Gasteiger partial charge in [-0.05, 0) is 52.0 Å². The molecular formula is C22H34N4OS. The molecule has 3 aliphatic rings. The summed E-state index contributed by atoms with van der Waals surface area (Å²) >= 11 is 1.98. The summed E-state index contributed by atoms with van der Waals surface area (Å²) in [7, 11) is 0. The summed E-state index contributed by atoms with van der Waals surface area (Å²) in [6, 6.07) is 2.98. The van der Waals surface area contributed by atoms with Crippen LogP contribution < -0.4 is 0 Å². The van der Waals surface area contributed by atoms with E-state index >= 15 is 0 Å². The monoisotopic (exact) mass is 402 g/mol. The second-order valence-corrected chi connectivity index (χ2v) is 10.1. The van der Waals surface area contributed by atoms with Crippen LogP contribution in [-0.4, -0.2) is 68.7 Å². The van der Waals surface area contributed by atoms with Crippen molar-refractivity contribution in [2.45, 2.75) is 64.6 Å². The Labute approximate surface area is 173 Å². The van der Waals surface area contributed by atoms with Gasteiger partial charge in [0, 0.05) is 62.2 Å². The van der Waals surface area contributed by atoms with Crippen LogP contribution in [0.15, 0.2) is 30.1 Å². The highest BCUT2D eigenvalue weighted by Gasteiger charge is 2.59. The van der Waals surface area contributed by atoms with Gasteiger partial charge in [0.05, 0.1) is 5.41 Å². The Kier molecular flexibility index (Phi) is 6.16. The minimum absolute atomic E-state index is 0.201. The quantitative estimate of drug-likeness (QED) is 0.655. The van der Waals surface area contributed by atoms with Gasteiger partial charge in [-0.25, -0.2) is 0 Å². The van der Waals surface area contributed by atoms with E-state index in [1.54, 1.807) is 0 Å². The highest BCUT2D eigenvalue weighted by molar-refractivity contribution is 7.99. The van der Waals surface area contributed by atoms with E-state index in [0.29, 0.717) is 18.0 Å². The van der Waals surface area contributed by atoms with E-state index in [2.05, 4.69) is 34.8 Å². The molecule has 6 heteroatoms. The number of hydrogen-bond acceptors (Lipinski definition) is 4. The van der Waals surface area contributed by atoms with Gasteiger partial charge in [-0.15, -0.1) is 0 Å². The topological polar surface area (TPSA) is 41.4 Å². The molecule has 0 aromatic carbocycles. The standard InChI is InChI=1S/C22H34N4OS/c1-18(2)7-8-22(21(27)24-13-15-28-16-14-24)17-19-5-6-20(22)26(19)12-4-11-25-10-3-9-23-25/h3,7,9-10,19-20H,4-6,8,11-17H2,1-2H3/t19-,20+,22+/m0/s1. The van der Waals surface area contributed by atoms with Crippen LogP contribution in [0.1, 0.15) is 46.0 Å². The number of allylic oxidation sites excluding steroid dienone is 2. The van der Waals surface area contributed by atoms with Crippen molar-refractivity contribution in [3.8, 4) is 0 Å². The molecular weight excluding hydrogens is 368 g/mol. The van der Waals surface area contributed by atoms with Crippen molar-refractivity contribution in [3.05, 3.63) is 30.1 Å². The molecule has 1 aromatic heterocycles. The molecule has 154 valence electrons. The Morgan fingerprint density at radius 1 is 1.25 bits per heavy atom. The minimum atomic E-state index is -0.201. The lowest BCUT2D eigenvalue weighted by Gasteiger charge is -2.41. The summed E-state index contributed by atoms with van der Waals surface area (Å²) in [4.78, 5) is 18.6. The maximum absolute atomic E-state index is 13.8. The summed E-state index contributed by atoms with van der Waals surface area (Å²) < 4.78 is 2.02. The summed E-state index contributed by atoms with van der Waals surface area (Å²) in [6.45, 7) is 8.21. The van der Waals surface area contributed by atoms with Crippen LogP contribution in [0.2, 0.25) is 0 Å². The maximum atomic E-state index is 13.8. The third-order valence-electron chi connectivity index (χ3n) is 6.84. The third-order valence-corrected chi connectivity index (χ3v) is 7.78. The van der Waals surface area contributed by atoms with Gasteiger partial charge in [-0.2, -0.15) is 16.9 Å². The van der Waals surface area contributed by atoms with Crippen molar-refractivity contribution in [2.24, 2.45) is 5.41 Å². The summed E-state index contributed by atoms with van der Waals surface area (Å²) in [5.41, 5.74) is 1.13. The Balaban J connectivity index is 1.49. The van der Waals surface area contributed by atoms with Gasteiger partial charge < -0.3 is 4.90 Å². The minimum Gasteiger partial charge on any atom is -0.341 e. The first-order valence-corrected chi connectivity index (χ1v) is 12.0. The lowest BCUT2D eigenvalue weighted by Crippen LogP contribution is -2.52. The Morgan fingerprint density at radius 2 is 2.07 bits per heavy atom. The molecule has 5 nitrogen and oxygen atoms in total. The van der Waals surface area contributed by atoms with Crippen LogP contribution in [0.25, 0.3) is 0 Å². The SMILES string of the molecule is CC(C)=CC[C@@]1(C(=O)N2CCSCC2)C[C@@H]2CC[C@H]1N2CCCn1cccn1. The number of thioether (sulfide) groups is 1. The fourth-order valence-electron chi connectivity index (χ4n) is 5.50. The first-order chi connectivity index (χ1) is 13.6. The van der Waals surface area contributed by atoms with Gasteiger partial charge in [0.25, 0.3) is 0 Å². The van der Waals surface area contributed by atoms with Crippen LogP contribution in [0.3, 0.4) is 0 Å². The molecule has 0 saturated carbocycles. The number of aromatic nitrogens is 2. The van der Waals surface area contributed by atoms with E-state index in [4.69, 9.17) is 0 Å². The highest BCUT2D eigenvalue weighted by Crippen LogP contribution is 2.53.